The SMILES string of the molecule is O=C(O)/C=C\C(=O)O.[BaH2]. The van der Waals surface area contributed by atoms with Gasteiger partial charge in [-0.3, -0.25) is 0 Å². The van der Waals surface area contributed by atoms with E-state index in [1.54, 1.807) is 0 Å². The van der Waals surface area contributed by atoms with Gasteiger partial charge >= 0.3 is 60.8 Å². The van der Waals surface area contributed by atoms with E-state index >= 15 is 0 Å². The number of carbonyl (C=O) groups is 2. The van der Waals surface area contributed by atoms with Gasteiger partial charge in [0.15, 0.2) is 0 Å². The fourth-order valence-electron chi connectivity index (χ4n) is 0.143. The molecular formula is C4H6BaO4. The average Bonchev–Trinajstić information content (AvgIpc) is 1.61. The van der Waals surface area contributed by atoms with Crippen LogP contribution in [0, 0.1) is 0 Å². The molecule has 0 aliphatic carbocycles. The minimum absolute atomic E-state index is 0. The van der Waals surface area contributed by atoms with Gasteiger partial charge in [0, 0.05) is 12.2 Å². The van der Waals surface area contributed by atoms with E-state index in [0.717, 1.165) is 0 Å². The summed E-state index contributed by atoms with van der Waals surface area (Å²) in [6.07, 6.45) is 1.12. The monoisotopic (exact) mass is 256 g/mol. The molecule has 5 heteroatoms. The Morgan fingerprint density at radius 1 is 1.00 bits per heavy atom. The summed E-state index contributed by atoms with van der Waals surface area (Å²) in [6.45, 7) is 0. The molecule has 0 aliphatic rings. The van der Waals surface area contributed by atoms with Crippen LogP contribution in [0.25, 0.3) is 0 Å². The van der Waals surface area contributed by atoms with Crippen molar-refractivity contribution in [1.82, 2.24) is 0 Å². The maximum absolute atomic E-state index is 9.55. The zero-order valence-electron chi connectivity index (χ0n) is 3.87. The van der Waals surface area contributed by atoms with Crippen molar-refractivity contribution in [2.24, 2.45) is 0 Å². The van der Waals surface area contributed by atoms with E-state index in [1.165, 1.54) is 0 Å². The van der Waals surface area contributed by atoms with E-state index in [9.17, 15) is 9.59 Å². The molecule has 0 heterocycles. The topological polar surface area (TPSA) is 74.6 Å². The molecular weight excluding hydrogens is 249 g/mol. The van der Waals surface area contributed by atoms with E-state index in [1.807, 2.05) is 0 Å². The molecule has 0 saturated carbocycles. The fraction of sp³-hybridized carbons (Fsp3) is 0. The molecule has 48 valence electrons. The number of hydrogen-bond acceptors (Lipinski definition) is 2. The third-order valence-corrected chi connectivity index (χ3v) is 0.368. The summed E-state index contributed by atoms with van der Waals surface area (Å²) in [5.74, 6) is -2.51. The normalized spacial score (nSPS) is 8.44. The van der Waals surface area contributed by atoms with Crippen molar-refractivity contribution < 1.29 is 19.8 Å². The molecule has 0 fully saturated rings. The Labute approximate surface area is 91.6 Å². The number of carboxylic acid groups (broad SMARTS) is 2. The summed E-state index contributed by atoms with van der Waals surface area (Å²) < 4.78 is 0. The summed E-state index contributed by atoms with van der Waals surface area (Å²) in [5, 5.41) is 15.6. The molecule has 0 radical (unpaired) electrons. The summed E-state index contributed by atoms with van der Waals surface area (Å²) in [7, 11) is 0. The third-order valence-electron chi connectivity index (χ3n) is 0.368. The van der Waals surface area contributed by atoms with Gasteiger partial charge in [0.25, 0.3) is 0 Å². The Morgan fingerprint density at radius 2 is 1.22 bits per heavy atom. The summed E-state index contributed by atoms with van der Waals surface area (Å²) in [4.78, 5) is 19.1. The molecule has 0 aromatic carbocycles. The predicted molar refractivity (Wildman–Crippen MR) is 33.0 cm³/mol. The van der Waals surface area contributed by atoms with Crippen LogP contribution in [-0.4, -0.2) is 71.0 Å². The van der Waals surface area contributed by atoms with Gasteiger partial charge in [0.2, 0.25) is 0 Å². The predicted octanol–water partition coefficient (Wildman–Crippen LogP) is -1.20. The third kappa shape index (κ3) is 11.7. The van der Waals surface area contributed by atoms with Crippen molar-refractivity contribution in [3.63, 3.8) is 0 Å². The van der Waals surface area contributed by atoms with Gasteiger partial charge in [-0.05, 0) is 0 Å². The molecule has 2 N–H and O–H groups in total. The van der Waals surface area contributed by atoms with Gasteiger partial charge < -0.3 is 10.2 Å². The molecule has 0 saturated heterocycles. The molecule has 0 unspecified atom stereocenters. The first-order valence-corrected chi connectivity index (χ1v) is 1.77. The van der Waals surface area contributed by atoms with Crippen LogP contribution >= 0.6 is 0 Å². The molecule has 0 rings (SSSR count). The standard InChI is InChI=1S/C4H4O4.Ba.2H/c5-3(6)1-2-4(7)8;;;/h1-2H,(H,5,6)(H,7,8);;;/b2-1-;;;. The van der Waals surface area contributed by atoms with Crippen molar-refractivity contribution in [3.05, 3.63) is 12.2 Å². The van der Waals surface area contributed by atoms with Crippen molar-refractivity contribution >= 4 is 60.8 Å². The van der Waals surface area contributed by atoms with Gasteiger partial charge in [-0.25, -0.2) is 9.59 Å². The zero-order valence-corrected chi connectivity index (χ0v) is 3.87. The summed E-state index contributed by atoms with van der Waals surface area (Å²) in [5.41, 5.74) is 0. The Bertz CT molecular complexity index is 124. The first-order chi connectivity index (χ1) is 3.63. The maximum atomic E-state index is 9.55. The van der Waals surface area contributed by atoms with Crippen LogP contribution in [0.5, 0.6) is 0 Å². The van der Waals surface area contributed by atoms with E-state index < -0.39 is 11.9 Å². The number of hydrogen-bond donors (Lipinski definition) is 2. The van der Waals surface area contributed by atoms with Gasteiger partial charge in [0.1, 0.15) is 0 Å². The molecule has 0 amide bonds. The second-order valence-electron chi connectivity index (χ2n) is 1.01. The van der Waals surface area contributed by atoms with Gasteiger partial charge in [0.05, 0.1) is 0 Å². The van der Waals surface area contributed by atoms with Gasteiger partial charge in [-0.15, -0.1) is 0 Å². The molecule has 0 atom stereocenters. The first kappa shape index (κ1) is 12.0. The Morgan fingerprint density at radius 3 is 1.33 bits per heavy atom. The van der Waals surface area contributed by atoms with Crippen molar-refractivity contribution in [2.75, 3.05) is 0 Å². The van der Waals surface area contributed by atoms with Crippen LogP contribution in [0.4, 0.5) is 0 Å². The Balaban J connectivity index is 0. The molecule has 0 aromatic heterocycles. The fourth-order valence-corrected chi connectivity index (χ4v) is 0.143. The molecule has 0 aliphatic heterocycles. The molecule has 9 heavy (non-hydrogen) atoms. The van der Waals surface area contributed by atoms with E-state index in [-0.39, 0.29) is 48.9 Å². The first-order valence-electron chi connectivity index (χ1n) is 1.77. The van der Waals surface area contributed by atoms with Crippen LogP contribution in [0.1, 0.15) is 0 Å². The van der Waals surface area contributed by atoms with Crippen molar-refractivity contribution in [3.8, 4) is 0 Å². The van der Waals surface area contributed by atoms with Crippen LogP contribution in [0.2, 0.25) is 0 Å². The van der Waals surface area contributed by atoms with Gasteiger partial charge in [-0.2, -0.15) is 0 Å². The number of aliphatic carboxylic acids is 2. The van der Waals surface area contributed by atoms with E-state index in [2.05, 4.69) is 0 Å². The summed E-state index contributed by atoms with van der Waals surface area (Å²) >= 11 is 0. The number of carboxylic acids is 2. The minimum atomic E-state index is -1.26. The van der Waals surface area contributed by atoms with E-state index in [4.69, 9.17) is 10.2 Å². The quantitative estimate of drug-likeness (QED) is 0.480. The average molecular weight is 255 g/mol. The molecule has 4 nitrogen and oxygen atoms in total. The second kappa shape index (κ2) is 6.37. The van der Waals surface area contributed by atoms with Crippen molar-refractivity contribution in [1.29, 1.82) is 0 Å². The van der Waals surface area contributed by atoms with E-state index in [0.29, 0.717) is 12.2 Å². The summed E-state index contributed by atoms with van der Waals surface area (Å²) in [6, 6.07) is 0. The Hall–Kier alpha value is 0.251. The van der Waals surface area contributed by atoms with Crippen molar-refractivity contribution in [2.45, 2.75) is 0 Å². The Kier molecular flexibility index (Phi) is 8.48. The molecule has 0 aromatic rings. The number of rotatable bonds is 2. The van der Waals surface area contributed by atoms with Crippen LogP contribution < -0.4 is 0 Å². The van der Waals surface area contributed by atoms with Crippen LogP contribution in [-0.2, 0) is 9.59 Å². The molecule has 0 bridgehead atoms. The molecule has 0 spiro atoms. The second-order valence-corrected chi connectivity index (χ2v) is 1.01. The van der Waals surface area contributed by atoms with Crippen LogP contribution in [0.15, 0.2) is 12.2 Å². The zero-order chi connectivity index (χ0) is 6.57. The van der Waals surface area contributed by atoms with Crippen LogP contribution in [0.3, 0.4) is 0 Å². The van der Waals surface area contributed by atoms with Gasteiger partial charge in [-0.1, -0.05) is 0 Å².